The Hall–Kier alpha value is -2.14. The van der Waals surface area contributed by atoms with Crippen molar-refractivity contribution in [3.63, 3.8) is 0 Å². The van der Waals surface area contributed by atoms with Gasteiger partial charge in [0.1, 0.15) is 0 Å². The second-order valence-corrected chi connectivity index (χ2v) is 9.53. The molecule has 2 aromatic rings. The molecule has 27 heavy (non-hydrogen) atoms. The third-order valence-corrected chi connectivity index (χ3v) is 5.55. The quantitative estimate of drug-likeness (QED) is 0.879. The molecule has 1 saturated heterocycles. The van der Waals surface area contributed by atoms with Crippen LogP contribution in [-0.2, 0) is 5.41 Å². The standard InChI is InChI=1S/C22H32N4O/c1-15-7-9-16(10-8-15)26-13-17(19(24-26)21(2,3)4)20(27)25-12-11-18(23)22(5,6)14-25/h7-10,13,18H,11-12,14,23H2,1-6H3. The van der Waals surface area contributed by atoms with E-state index in [9.17, 15) is 4.79 Å². The molecule has 2 heterocycles. The van der Waals surface area contributed by atoms with Crippen molar-refractivity contribution in [2.24, 2.45) is 11.1 Å². The number of likely N-dealkylation sites (tertiary alicyclic amines) is 1. The summed E-state index contributed by atoms with van der Waals surface area (Å²) in [6.07, 6.45) is 2.71. The topological polar surface area (TPSA) is 64.2 Å². The summed E-state index contributed by atoms with van der Waals surface area (Å²) < 4.78 is 1.83. The number of hydrogen-bond donors (Lipinski definition) is 1. The molecular weight excluding hydrogens is 336 g/mol. The molecule has 0 aliphatic carbocycles. The van der Waals surface area contributed by atoms with Crippen molar-refractivity contribution in [2.45, 2.75) is 59.4 Å². The van der Waals surface area contributed by atoms with Crippen LogP contribution in [0.4, 0.5) is 0 Å². The van der Waals surface area contributed by atoms with Crippen LogP contribution in [0, 0.1) is 12.3 Å². The fourth-order valence-electron chi connectivity index (χ4n) is 3.63. The summed E-state index contributed by atoms with van der Waals surface area (Å²) >= 11 is 0. The molecule has 1 aliphatic rings. The first kappa shape index (κ1) is 19.6. The lowest BCUT2D eigenvalue weighted by Gasteiger charge is -2.42. The average Bonchev–Trinajstić information content (AvgIpc) is 3.03. The molecule has 1 aromatic heterocycles. The van der Waals surface area contributed by atoms with Gasteiger partial charge in [0.2, 0.25) is 0 Å². The van der Waals surface area contributed by atoms with Crippen LogP contribution >= 0.6 is 0 Å². The van der Waals surface area contributed by atoms with Gasteiger partial charge in [-0.3, -0.25) is 4.79 Å². The monoisotopic (exact) mass is 368 g/mol. The molecule has 5 heteroatoms. The maximum atomic E-state index is 13.4. The van der Waals surface area contributed by atoms with Crippen LogP contribution in [0.15, 0.2) is 30.5 Å². The number of amides is 1. The molecule has 1 amide bonds. The second kappa shape index (κ2) is 6.79. The predicted molar refractivity (Wildman–Crippen MR) is 109 cm³/mol. The Bertz CT molecular complexity index is 827. The maximum absolute atomic E-state index is 13.4. The Morgan fingerprint density at radius 3 is 2.41 bits per heavy atom. The van der Waals surface area contributed by atoms with E-state index >= 15 is 0 Å². The van der Waals surface area contributed by atoms with E-state index in [2.05, 4.69) is 53.7 Å². The summed E-state index contributed by atoms with van der Waals surface area (Å²) in [5.41, 5.74) is 9.64. The van der Waals surface area contributed by atoms with E-state index in [1.807, 2.05) is 27.9 Å². The number of carbonyl (C=O) groups excluding carboxylic acids is 1. The number of aromatic nitrogens is 2. The molecule has 0 saturated carbocycles. The predicted octanol–water partition coefficient (Wildman–Crippen LogP) is 3.68. The Kier molecular flexibility index (Phi) is 4.93. The third-order valence-electron chi connectivity index (χ3n) is 5.55. The van der Waals surface area contributed by atoms with Crippen LogP contribution in [0.1, 0.15) is 62.7 Å². The van der Waals surface area contributed by atoms with E-state index in [0.717, 1.165) is 17.8 Å². The van der Waals surface area contributed by atoms with Gasteiger partial charge in [-0.25, -0.2) is 4.68 Å². The first-order valence-corrected chi connectivity index (χ1v) is 9.71. The van der Waals surface area contributed by atoms with Gasteiger partial charge < -0.3 is 10.6 Å². The van der Waals surface area contributed by atoms with Crippen molar-refractivity contribution in [3.05, 3.63) is 47.3 Å². The zero-order chi connectivity index (χ0) is 20.0. The van der Waals surface area contributed by atoms with Crippen molar-refractivity contribution < 1.29 is 4.79 Å². The lowest BCUT2D eigenvalue weighted by Crippen LogP contribution is -2.54. The SMILES string of the molecule is Cc1ccc(-n2cc(C(=O)N3CCC(N)C(C)(C)C3)c(C(C)(C)C)n2)cc1. The number of piperidine rings is 1. The van der Waals surface area contributed by atoms with Gasteiger partial charge >= 0.3 is 0 Å². The minimum atomic E-state index is -0.220. The molecule has 1 aromatic carbocycles. The number of rotatable bonds is 2. The Morgan fingerprint density at radius 1 is 1.22 bits per heavy atom. The molecule has 0 radical (unpaired) electrons. The summed E-state index contributed by atoms with van der Waals surface area (Å²) in [5, 5.41) is 4.79. The minimum Gasteiger partial charge on any atom is -0.338 e. The van der Waals surface area contributed by atoms with E-state index in [1.165, 1.54) is 5.56 Å². The fourth-order valence-corrected chi connectivity index (χ4v) is 3.63. The van der Waals surface area contributed by atoms with Crippen LogP contribution in [-0.4, -0.2) is 39.7 Å². The molecule has 1 fully saturated rings. The van der Waals surface area contributed by atoms with Gasteiger partial charge in [0.05, 0.1) is 16.9 Å². The van der Waals surface area contributed by atoms with Gasteiger partial charge in [0, 0.05) is 30.7 Å². The largest absolute Gasteiger partial charge is 0.338 e. The first-order chi connectivity index (χ1) is 12.5. The van der Waals surface area contributed by atoms with Gasteiger partial charge in [0.25, 0.3) is 5.91 Å². The van der Waals surface area contributed by atoms with Crippen molar-refractivity contribution >= 4 is 5.91 Å². The van der Waals surface area contributed by atoms with Gasteiger partial charge in [-0.1, -0.05) is 52.3 Å². The van der Waals surface area contributed by atoms with Crippen LogP contribution < -0.4 is 5.73 Å². The lowest BCUT2D eigenvalue weighted by atomic mass is 9.79. The first-order valence-electron chi connectivity index (χ1n) is 9.71. The zero-order valence-electron chi connectivity index (χ0n) is 17.4. The number of nitrogens with zero attached hydrogens (tertiary/aromatic N) is 3. The van der Waals surface area contributed by atoms with Crippen molar-refractivity contribution in [1.29, 1.82) is 0 Å². The van der Waals surface area contributed by atoms with Crippen LogP contribution in [0.25, 0.3) is 5.69 Å². The highest BCUT2D eigenvalue weighted by Crippen LogP contribution is 2.31. The highest BCUT2D eigenvalue weighted by atomic mass is 16.2. The fraction of sp³-hybridized carbons (Fsp3) is 0.545. The maximum Gasteiger partial charge on any atom is 0.257 e. The third kappa shape index (κ3) is 3.93. The number of nitrogens with two attached hydrogens (primary N) is 1. The summed E-state index contributed by atoms with van der Waals surface area (Å²) in [7, 11) is 0. The Morgan fingerprint density at radius 2 is 1.85 bits per heavy atom. The molecule has 1 atom stereocenters. The van der Waals surface area contributed by atoms with Crippen LogP contribution in [0.2, 0.25) is 0 Å². The summed E-state index contributed by atoms with van der Waals surface area (Å²) in [5.74, 6) is 0.0539. The number of carbonyl (C=O) groups is 1. The molecule has 1 unspecified atom stereocenters. The zero-order valence-corrected chi connectivity index (χ0v) is 17.4. The second-order valence-electron chi connectivity index (χ2n) is 9.53. The summed E-state index contributed by atoms with van der Waals surface area (Å²) in [6.45, 7) is 14.0. The lowest BCUT2D eigenvalue weighted by molar-refractivity contribution is 0.0530. The normalized spacial score (nSPS) is 20.0. The van der Waals surface area contributed by atoms with E-state index in [-0.39, 0.29) is 22.8 Å². The highest BCUT2D eigenvalue weighted by molar-refractivity contribution is 5.95. The van der Waals surface area contributed by atoms with E-state index in [1.54, 1.807) is 0 Å². The van der Waals surface area contributed by atoms with Gasteiger partial charge in [-0.05, 0) is 30.9 Å². The molecule has 3 rings (SSSR count). The van der Waals surface area contributed by atoms with Crippen LogP contribution in [0.5, 0.6) is 0 Å². The Labute approximate surface area is 162 Å². The molecule has 0 spiro atoms. The average molecular weight is 369 g/mol. The van der Waals surface area contributed by atoms with Gasteiger partial charge in [0.15, 0.2) is 0 Å². The molecular formula is C22H32N4O. The van der Waals surface area contributed by atoms with E-state index in [4.69, 9.17) is 10.8 Å². The molecule has 0 bridgehead atoms. The summed E-state index contributed by atoms with van der Waals surface area (Å²) in [4.78, 5) is 15.3. The van der Waals surface area contributed by atoms with Crippen LogP contribution in [0.3, 0.4) is 0 Å². The van der Waals surface area contributed by atoms with Crippen molar-refractivity contribution in [1.82, 2.24) is 14.7 Å². The number of hydrogen-bond acceptors (Lipinski definition) is 3. The van der Waals surface area contributed by atoms with E-state index < -0.39 is 0 Å². The number of aryl methyl sites for hydroxylation is 1. The summed E-state index contributed by atoms with van der Waals surface area (Å²) in [6, 6.07) is 8.31. The molecule has 1 aliphatic heterocycles. The molecule has 2 N–H and O–H groups in total. The smallest absolute Gasteiger partial charge is 0.257 e. The highest BCUT2D eigenvalue weighted by Gasteiger charge is 2.37. The minimum absolute atomic E-state index is 0.0539. The Balaban J connectivity index is 1.98. The van der Waals surface area contributed by atoms with E-state index in [0.29, 0.717) is 18.7 Å². The van der Waals surface area contributed by atoms with Gasteiger partial charge in [-0.2, -0.15) is 5.10 Å². The van der Waals surface area contributed by atoms with Crippen molar-refractivity contribution in [3.8, 4) is 5.69 Å². The van der Waals surface area contributed by atoms with Crippen molar-refractivity contribution in [2.75, 3.05) is 13.1 Å². The molecule has 146 valence electrons. The molecule has 5 nitrogen and oxygen atoms in total. The van der Waals surface area contributed by atoms with Gasteiger partial charge in [-0.15, -0.1) is 0 Å². The number of benzene rings is 1.